The number of alkyl halides is 1. The second-order valence-electron chi connectivity index (χ2n) is 3.46. The highest BCUT2D eigenvalue weighted by atomic mass is 79.9. The lowest BCUT2D eigenvalue weighted by Gasteiger charge is -2.11. The topological polar surface area (TPSA) is 55.1 Å². The van der Waals surface area contributed by atoms with E-state index in [2.05, 4.69) is 26.4 Å². The SMILES string of the molecule is Cc1cc(NC(=O)C(Br)C(C)C)no1. The zero-order valence-electron chi connectivity index (χ0n) is 8.37. The molecular formula is C9H13BrN2O2. The standard InChI is InChI=1S/C9H13BrN2O2/c1-5(2)8(10)9(13)11-7-4-6(3)14-12-7/h4-5,8H,1-3H3,(H,11,12,13). The Balaban J connectivity index is 2.57. The maximum absolute atomic E-state index is 11.5. The smallest absolute Gasteiger partial charge is 0.239 e. The van der Waals surface area contributed by atoms with E-state index < -0.39 is 0 Å². The van der Waals surface area contributed by atoms with Gasteiger partial charge in [0.25, 0.3) is 0 Å². The van der Waals surface area contributed by atoms with Crippen LogP contribution in [0.15, 0.2) is 10.6 Å². The molecule has 0 aromatic carbocycles. The minimum absolute atomic E-state index is 0.103. The van der Waals surface area contributed by atoms with Gasteiger partial charge in [0, 0.05) is 6.07 Å². The van der Waals surface area contributed by atoms with Crippen LogP contribution in [-0.4, -0.2) is 15.9 Å². The van der Waals surface area contributed by atoms with E-state index in [9.17, 15) is 4.79 Å². The Morgan fingerprint density at radius 2 is 2.29 bits per heavy atom. The van der Waals surface area contributed by atoms with Crippen molar-refractivity contribution in [3.8, 4) is 0 Å². The second-order valence-corrected chi connectivity index (χ2v) is 4.44. The van der Waals surface area contributed by atoms with E-state index in [1.54, 1.807) is 13.0 Å². The fraction of sp³-hybridized carbons (Fsp3) is 0.556. The van der Waals surface area contributed by atoms with Crippen molar-refractivity contribution in [1.82, 2.24) is 5.16 Å². The first kappa shape index (κ1) is 11.2. The molecule has 1 amide bonds. The second kappa shape index (κ2) is 4.59. The molecule has 0 aliphatic heterocycles. The van der Waals surface area contributed by atoms with Crippen molar-refractivity contribution in [2.45, 2.75) is 25.6 Å². The van der Waals surface area contributed by atoms with E-state index in [0.717, 1.165) is 0 Å². The van der Waals surface area contributed by atoms with Crippen LogP contribution in [0.1, 0.15) is 19.6 Å². The van der Waals surface area contributed by atoms with Gasteiger partial charge in [0.05, 0.1) is 4.83 Å². The molecule has 1 heterocycles. The monoisotopic (exact) mass is 260 g/mol. The molecular weight excluding hydrogens is 248 g/mol. The van der Waals surface area contributed by atoms with E-state index in [1.807, 2.05) is 13.8 Å². The molecule has 0 bridgehead atoms. The summed E-state index contributed by atoms with van der Waals surface area (Å²) in [5.74, 6) is 1.27. The quantitative estimate of drug-likeness (QED) is 0.849. The van der Waals surface area contributed by atoms with Crippen molar-refractivity contribution in [3.05, 3.63) is 11.8 Å². The van der Waals surface area contributed by atoms with Gasteiger partial charge in [0.1, 0.15) is 5.76 Å². The minimum Gasteiger partial charge on any atom is -0.360 e. The number of hydrogen-bond acceptors (Lipinski definition) is 3. The van der Waals surface area contributed by atoms with Crippen LogP contribution in [0, 0.1) is 12.8 Å². The van der Waals surface area contributed by atoms with E-state index in [0.29, 0.717) is 11.6 Å². The maximum atomic E-state index is 11.5. The fourth-order valence-corrected chi connectivity index (χ4v) is 1.04. The van der Waals surface area contributed by atoms with Gasteiger partial charge in [-0.2, -0.15) is 0 Å². The van der Waals surface area contributed by atoms with Gasteiger partial charge in [0.2, 0.25) is 5.91 Å². The first-order chi connectivity index (χ1) is 6.50. The third-order valence-electron chi connectivity index (χ3n) is 1.72. The highest BCUT2D eigenvalue weighted by Gasteiger charge is 2.19. The van der Waals surface area contributed by atoms with Crippen molar-refractivity contribution < 1.29 is 9.32 Å². The van der Waals surface area contributed by atoms with Crippen LogP contribution in [0.4, 0.5) is 5.82 Å². The Kier molecular flexibility index (Phi) is 3.69. The lowest BCUT2D eigenvalue weighted by Crippen LogP contribution is -2.27. The summed E-state index contributed by atoms with van der Waals surface area (Å²) in [7, 11) is 0. The van der Waals surface area contributed by atoms with E-state index in [1.165, 1.54) is 0 Å². The van der Waals surface area contributed by atoms with Crippen molar-refractivity contribution in [2.24, 2.45) is 5.92 Å². The molecule has 0 saturated carbocycles. The van der Waals surface area contributed by atoms with Gasteiger partial charge in [-0.3, -0.25) is 4.79 Å². The predicted octanol–water partition coefficient (Wildman–Crippen LogP) is 2.34. The molecule has 0 radical (unpaired) electrons. The Labute approximate surface area is 91.2 Å². The molecule has 14 heavy (non-hydrogen) atoms. The molecule has 5 heteroatoms. The third-order valence-corrected chi connectivity index (χ3v) is 3.19. The Morgan fingerprint density at radius 1 is 1.64 bits per heavy atom. The molecule has 1 rings (SSSR count). The van der Waals surface area contributed by atoms with Crippen LogP contribution in [0.25, 0.3) is 0 Å². The molecule has 1 aromatic heterocycles. The Bertz CT molecular complexity index is 322. The van der Waals surface area contributed by atoms with Gasteiger partial charge < -0.3 is 9.84 Å². The van der Waals surface area contributed by atoms with Crippen LogP contribution in [0.3, 0.4) is 0 Å². The third kappa shape index (κ3) is 2.83. The number of anilines is 1. The van der Waals surface area contributed by atoms with Crippen molar-refractivity contribution in [3.63, 3.8) is 0 Å². The van der Waals surface area contributed by atoms with Crippen molar-refractivity contribution in [1.29, 1.82) is 0 Å². The van der Waals surface area contributed by atoms with Gasteiger partial charge >= 0.3 is 0 Å². The van der Waals surface area contributed by atoms with Gasteiger partial charge in [-0.05, 0) is 12.8 Å². The average Bonchev–Trinajstić information content (AvgIpc) is 2.49. The Hall–Kier alpha value is -0.840. The lowest BCUT2D eigenvalue weighted by atomic mass is 10.1. The van der Waals surface area contributed by atoms with Gasteiger partial charge in [0.15, 0.2) is 5.82 Å². The van der Waals surface area contributed by atoms with Crippen LogP contribution in [0.5, 0.6) is 0 Å². The summed E-state index contributed by atoms with van der Waals surface area (Å²) in [5, 5.41) is 6.32. The molecule has 0 aliphatic rings. The van der Waals surface area contributed by atoms with Crippen LogP contribution < -0.4 is 5.32 Å². The summed E-state index contributed by atoms with van der Waals surface area (Å²) >= 11 is 3.30. The number of amides is 1. The number of hydrogen-bond donors (Lipinski definition) is 1. The number of carbonyl (C=O) groups is 1. The van der Waals surface area contributed by atoms with Crippen LogP contribution in [0.2, 0.25) is 0 Å². The summed E-state index contributed by atoms with van der Waals surface area (Å²) in [6, 6.07) is 1.68. The highest BCUT2D eigenvalue weighted by molar-refractivity contribution is 9.10. The zero-order chi connectivity index (χ0) is 10.7. The molecule has 1 N–H and O–H groups in total. The number of halogens is 1. The van der Waals surface area contributed by atoms with E-state index in [-0.39, 0.29) is 16.7 Å². The molecule has 1 aromatic rings. The Morgan fingerprint density at radius 3 is 2.71 bits per heavy atom. The predicted molar refractivity (Wildman–Crippen MR) is 57.4 cm³/mol. The van der Waals surface area contributed by atoms with Gasteiger partial charge in [-0.1, -0.05) is 34.9 Å². The van der Waals surface area contributed by atoms with Crippen molar-refractivity contribution in [2.75, 3.05) is 5.32 Å². The fourth-order valence-electron chi connectivity index (χ4n) is 0.923. The normalized spacial score (nSPS) is 12.9. The number of aryl methyl sites for hydroxylation is 1. The summed E-state index contributed by atoms with van der Waals surface area (Å²) in [4.78, 5) is 11.3. The summed E-state index contributed by atoms with van der Waals surface area (Å²) in [5.41, 5.74) is 0. The molecule has 0 spiro atoms. The summed E-state index contributed by atoms with van der Waals surface area (Å²) < 4.78 is 4.83. The molecule has 0 aliphatic carbocycles. The largest absolute Gasteiger partial charge is 0.360 e. The maximum Gasteiger partial charge on any atom is 0.239 e. The number of carbonyl (C=O) groups excluding carboxylic acids is 1. The summed E-state index contributed by atoms with van der Waals surface area (Å²) in [6.07, 6.45) is 0. The zero-order valence-corrected chi connectivity index (χ0v) is 9.96. The van der Waals surface area contributed by atoms with Crippen molar-refractivity contribution >= 4 is 27.7 Å². The van der Waals surface area contributed by atoms with Crippen LogP contribution >= 0.6 is 15.9 Å². The molecule has 78 valence electrons. The minimum atomic E-state index is -0.209. The molecule has 1 unspecified atom stereocenters. The van der Waals surface area contributed by atoms with Crippen LogP contribution in [-0.2, 0) is 4.79 Å². The number of nitrogens with one attached hydrogen (secondary N) is 1. The first-order valence-corrected chi connectivity index (χ1v) is 5.30. The number of rotatable bonds is 3. The van der Waals surface area contributed by atoms with E-state index in [4.69, 9.17) is 4.52 Å². The van der Waals surface area contributed by atoms with Gasteiger partial charge in [-0.15, -0.1) is 0 Å². The number of aromatic nitrogens is 1. The van der Waals surface area contributed by atoms with E-state index >= 15 is 0 Å². The average molecular weight is 261 g/mol. The first-order valence-electron chi connectivity index (χ1n) is 4.39. The molecule has 4 nitrogen and oxygen atoms in total. The molecule has 0 fully saturated rings. The highest BCUT2D eigenvalue weighted by Crippen LogP contribution is 2.15. The number of nitrogens with zero attached hydrogens (tertiary/aromatic N) is 1. The molecule has 1 atom stereocenters. The van der Waals surface area contributed by atoms with Gasteiger partial charge in [-0.25, -0.2) is 0 Å². The lowest BCUT2D eigenvalue weighted by molar-refractivity contribution is -0.116. The molecule has 0 saturated heterocycles. The summed E-state index contributed by atoms with van der Waals surface area (Å²) in [6.45, 7) is 5.71.